The van der Waals surface area contributed by atoms with Gasteiger partial charge in [0.2, 0.25) is 0 Å². The van der Waals surface area contributed by atoms with E-state index in [9.17, 15) is 4.79 Å². The second-order valence-electron chi connectivity index (χ2n) is 10.7. The second-order valence-corrected chi connectivity index (χ2v) is 14.6. The molecule has 0 N–H and O–H groups in total. The Hall–Kier alpha value is -0.610. The maximum atomic E-state index is 11.3. The summed E-state index contributed by atoms with van der Waals surface area (Å²) in [7, 11) is 4.05. The third kappa shape index (κ3) is 12.0. The first-order valence-electron chi connectivity index (χ1n) is 15.0. The van der Waals surface area contributed by atoms with Crippen LogP contribution in [0.2, 0.25) is 10.0 Å². The van der Waals surface area contributed by atoms with Crippen molar-refractivity contribution in [2.45, 2.75) is 123 Å². The fourth-order valence-corrected chi connectivity index (χ4v) is 9.06. The molecule has 0 aromatic heterocycles. The lowest BCUT2D eigenvalue weighted by Gasteiger charge is -2.39. The van der Waals surface area contributed by atoms with Crippen molar-refractivity contribution >= 4 is 50.6 Å². The number of carbonyl (C=O) groups is 1. The predicted molar refractivity (Wildman–Crippen MR) is 181 cm³/mol. The van der Waals surface area contributed by atoms with E-state index in [4.69, 9.17) is 23.2 Å². The molecule has 39 heavy (non-hydrogen) atoms. The van der Waals surface area contributed by atoms with E-state index in [1.54, 1.807) is 0 Å². The van der Waals surface area contributed by atoms with Gasteiger partial charge in [0.05, 0.1) is 0 Å². The summed E-state index contributed by atoms with van der Waals surface area (Å²) in [5.74, 6) is 2.31. The van der Waals surface area contributed by atoms with Crippen molar-refractivity contribution in [1.29, 1.82) is 0 Å². The van der Waals surface area contributed by atoms with Crippen LogP contribution in [-0.4, -0.2) is 16.3 Å². The van der Waals surface area contributed by atoms with Crippen LogP contribution in [0.25, 0.3) is 0 Å². The van der Waals surface area contributed by atoms with E-state index in [1.165, 1.54) is 49.0 Å². The Morgan fingerprint density at radius 3 is 1.97 bits per heavy atom. The van der Waals surface area contributed by atoms with E-state index in [1.807, 2.05) is 59.7 Å². The van der Waals surface area contributed by atoms with Gasteiger partial charge in [0.15, 0.2) is 0 Å². The number of hydrogen-bond acceptors (Lipinski definition) is 3. The molecule has 2 unspecified atom stereocenters. The zero-order valence-electron chi connectivity index (χ0n) is 25.5. The number of benzene rings is 2. The van der Waals surface area contributed by atoms with Crippen LogP contribution < -0.4 is 0 Å². The average Bonchev–Trinajstić information content (AvgIpc) is 3.37. The third-order valence-electron chi connectivity index (χ3n) is 7.71. The molecule has 1 aliphatic heterocycles. The van der Waals surface area contributed by atoms with Crippen molar-refractivity contribution in [3.05, 3.63) is 69.7 Å². The SMILES string of the molecule is CC.CCCC(=O)CCCCC1(C)CCSS1.CCCC(CC)C(C)(c1cccc(Cl)c1)c1cccc(Cl)c1. The normalized spacial score (nSPS) is 17.5. The van der Waals surface area contributed by atoms with Gasteiger partial charge in [-0.1, -0.05) is 130 Å². The number of unbranched alkanes of at least 4 members (excludes halogenated alkanes) is 1. The molecule has 1 saturated heterocycles. The first-order chi connectivity index (χ1) is 18.7. The third-order valence-corrected chi connectivity index (χ3v) is 11.5. The predicted octanol–water partition coefficient (Wildman–Crippen LogP) is 12.6. The number of Topliss-reactive ketones (excluding diaryl/α,β-unsaturated/α-hetero) is 1. The van der Waals surface area contributed by atoms with Crippen molar-refractivity contribution in [2.24, 2.45) is 5.92 Å². The molecule has 0 aliphatic carbocycles. The van der Waals surface area contributed by atoms with E-state index in [0.717, 1.165) is 42.1 Å². The van der Waals surface area contributed by atoms with Gasteiger partial charge >= 0.3 is 0 Å². The highest BCUT2D eigenvalue weighted by Crippen LogP contribution is 2.49. The molecule has 2 aromatic carbocycles. The van der Waals surface area contributed by atoms with E-state index < -0.39 is 0 Å². The maximum absolute atomic E-state index is 11.3. The molecule has 0 spiro atoms. The standard InChI is InChI=1S/C20H24Cl2.C12H22OS2.C2H6/c1-4-8-15(5-2)20(3,16-9-6-11-18(21)13-16)17-10-7-12-19(22)14-17;1-3-6-11(13)7-4-5-8-12(2)9-10-14-15-12;1-2/h6-7,9-15H,4-5,8H2,1-3H3;3-10H2,1-2H3;1-2H3. The molecular formula is C34H52Cl2OS2. The minimum absolute atomic E-state index is 0.0828. The van der Waals surface area contributed by atoms with Gasteiger partial charge in [-0.05, 0) is 80.3 Å². The van der Waals surface area contributed by atoms with Crippen molar-refractivity contribution in [3.8, 4) is 0 Å². The summed E-state index contributed by atoms with van der Waals surface area (Å²) in [5.41, 5.74) is 2.45. The molecule has 0 bridgehead atoms. The molecule has 0 radical (unpaired) electrons. The zero-order valence-corrected chi connectivity index (χ0v) is 28.6. The van der Waals surface area contributed by atoms with Gasteiger partial charge < -0.3 is 0 Å². The molecule has 0 saturated carbocycles. The Balaban J connectivity index is 0.000000391. The Morgan fingerprint density at radius 1 is 0.949 bits per heavy atom. The van der Waals surface area contributed by atoms with Crippen molar-refractivity contribution in [1.82, 2.24) is 0 Å². The highest BCUT2D eigenvalue weighted by molar-refractivity contribution is 8.77. The van der Waals surface area contributed by atoms with E-state index in [2.05, 4.69) is 58.9 Å². The monoisotopic (exact) mass is 610 g/mol. The van der Waals surface area contributed by atoms with Crippen LogP contribution in [0.1, 0.15) is 124 Å². The number of rotatable bonds is 13. The summed E-state index contributed by atoms with van der Waals surface area (Å²) in [6.07, 6.45) is 11.0. The molecule has 1 nitrogen and oxygen atoms in total. The summed E-state index contributed by atoms with van der Waals surface area (Å²) in [5, 5.41) is 1.58. The Labute approximate surface area is 258 Å². The smallest absolute Gasteiger partial charge is 0.132 e. The minimum atomic E-state index is -0.0828. The molecule has 220 valence electrons. The molecule has 3 rings (SSSR count). The van der Waals surface area contributed by atoms with Gasteiger partial charge in [0.1, 0.15) is 5.78 Å². The highest BCUT2D eigenvalue weighted by Gasteiger charge is 2.36. The van der Waals surface area contributed by atoms with Crippen molar-refractivity contribution in [2.75, 3.05) is 5.75 Å². The van der Waals surface area contributed by atoms with Gasteiger partial charge in [0.25, 0.3) is 0 Å². The zero-order chi connectivity index (χ0) is 29.3. The Bertz CT molecular complexity index is 910. The van der Waals surface area contributed by atoms with Crippen LogP contribution in [0, 0.1) is 5.92 Å². The van der Waals surface area contributed by atoms with Crippen molar-refractivity contribution in [3.63, 3.8) is 0 Å². The van der Waals surface area contributed by atoms with Crippen LogP contribution in [0.15, 0.2) is 48.5 Å². The lowest BCUT2D eigenvalue weighted by Crippen LogP contribution is -2.33. The van der Waals surface area contributed by atoms with E-state index in [-0.39, 0.29) is 5.41 Å². The quantitative estimate of drug-likeness (QED) is 0.166. The molecule has 1 heterocycles. The second kappa shape index (κ2) is 19.5. The van der Waals surface area contributed by atoms with Gasteiger partial charge in [-0.2, -0.15) is 0 Å². The first-order valence-corrected chi connectivity index (χ1v) is 18.1. The van der Waals surface area contributed by atoms with Gasteiger partial charge in [-0.25, -0.2) is 0 Å². The lowest BCUT2D eigenvalue weighted by atomic mass is 9.65. The number of hydrogen-bond donors (Lipinski definition) is 0. The number of halogens is 2. The molecule has 1 aliphatic rings. The lowest BCUT2D eigenvalue weighted by molar-refractivity contribution is -0.119. The molecular weight excluding hydrogens is 559 g/mol. The summed E-state index contributed by atoms with van der Waals surface area (Å²) < 4.78 is 0.498. The van der Waals surface area contributed by atoms with Crippen LogP contribution in [-0.2, 0) is 10.2 Å². The topological polar surface area (TPSA) is 17.1 Å². The molecule has 1 fully saturated rings. The number of carbonyl (C=O) groups excluding carboxylic acids is 1. The Kier molecular flexibility index (Phi) is 18.2. The van der Waals surface area contributed by atoms with Crippen LogP contribution in [0.5, 0.6) is 0 Å². The fraction of sp³-hybridized carbons (Fsp3) is 0.618. The molecule has 0 amide bonds. The first kappa shape index (κ1) is 36.4. The average molecular weight is 612 g/mol. The number of ketones is 1. The van der Waals surface area contributed by atoms with Gasteiger partial charge in [-0.3, -0.25) is 4.79 Å². The van der Waals surface area contributed by atoms with E-state index in [0.29, 0.717) is 16.4 Å². The van der Waals surface area contributed by atoms with Gasteiger partial charge in [0, 0.05) is 38.8 Å². The summed E-state index contributed by atoms with van der Waals surface area (Å²) in [6, 6.07) is 16.5. The van der Waals surface area contributed by atoms with Crippen LogP contribution >= 0.6 is 44.8 Å². The minimum Gasteiger partial charge on any atom is -0.300 e. The van der Waals surface area contributed by atoms with E-state index >= 15 is 0 Å². The van der Waals surface area contributed by atoms with Crippen LogP contribution in [0.4, 0.5) is 0 Å². The summed E-state index contributed by atoms with van der Waals surface area (Å²) in [6.45, 7) is 15.3. The fourth-order valence-electron chi connectivity index (χ4n) is 5.39. The highest BCUT2D eigenvalue weighted by atomic mass is 35.5. The van der Waals surface area contributed by atoms with Crippen LogP contribution in [0.3, 0.4) is 0 Å². The molecule has 2 aromatic rings. The summed E-state index contributed by atoms with van der Waals surface area (Å²) >= 11 is 12.5. The Morgan fingerprint density at radius 2 is 1.54 bits per heavy atom. The summed E-state index contributed by atoms with van der Waals surface area (Å²) in [4.78, 5) is 11.3. The molecule has 2 atom stereocenters. The maximum Gasteiger partial charge on any atom is 0.132 e. The molecule has 5 heteroatoms. The van der Waals surface area contributed by atoms with Crippen molar-refractivity contribution < 1.29 is 4.79 Å². The largest absolute Gasteiger partial charge is 0.300 e. The van der Waals surface area contributed by atoms with Gasteiger partial charge in [-0.15, -0.1) is 0 Å².